The molecule has 13 heteroatoms. The van der Waals surface area contributed by atoms with Gasteiger partial charge in [0.2, 0.25) is 29.5 Å². The Morgan fingerprint density at radius 2 is 0.509 bits per heavy atom. The molecular formula is C42H39O6PS6. The van der Waals surface area contributed by atoms with Crippen molar-refractivity contribution < 1.29 is 25.3 Å². The Bertz CT molecular complexity index is 2270. The van der Waals surface area contributed by atoms with Crippen LogP contribution < -0.4 is 15.9 Å². The van der Waals surface area contributed by atoms with Crippen molar-refractivity contribution in [1.29, 1.82) is 0 Å². The molecule has 0 fully saturated rings. The average molecular weight is 863 g/mol. The minimum absolute atomic E-state index is 0.150. The van der Waals surface area contributed by atoms with Gasteiger partial charge in [0.05, 0.1) is 29.4 Å². The van der Waals surface area contributed by atoms with E-state index in [1.165, 1.54) is 0 Å². The molecule has 0 aliphatic carbocycles. The predicted octanol–water partition coefficient (Wildman–Crippen LogP) is 9.28. The van der Waals surface area contributed by atoms with Gasteiger partial charge in [-0.05, 0) is 150 Å². The third-order valence-electron chi connectivity index (χ3n) is 8.55. The molecule has 0 heterocycles. The molecule has 0 aliphatic heterocycles. The molecule has 6 rings (SSSR count). The molecule has 6 aromatic rings. The molecule has 6 nitrogen and oxygen atoms in total. The first-order chi connectivity index (χ1) is 26.4. The first-order valence-corrected chi connectivity index (χ1v) is 26.2. The molecule has 0 unspecified atom stereocenters. The normalized spacial score (nSPS) is 12.2. The second-order valence-electron chi connectivity index (χ2n) is 12.0. The highest BCUT2D eigenvalue weighted by molar-refractivity contribution is 7.99. The quantitative estimate of drug-likeness (QED) is 0.0739. The van der Waals surface area contributed by atoms with Crippen molar-refractivity contribution in [2.45, 2.75) is 64.8 Å². The predicted molar refractivity (Wildman–Crippen MR) is 230 cm³/mol. The summed E-state index contributed by atoms with van der Waals surface area (Å²) in [6.07, 6.45) is 0. The largest absolute Gasteiger partial charge is 0.219 e. The van der Waals surface area contributed by atoms with E-state index in [1.807, 2.05) is 57.2 Å². The van der Waals surface area contributed by atoms with Gasteiger partial charge in [-0.2, -0.15) is 0 Å². The maximum Gasteiger partial charge on any atom is 0.206 e. The lowest BCUT2D eigenvalue weighted by Gasteiger charge is -2.20. The van der Waals surface area contributed by atoms with Crippen LogP contribution in [-0.4, -0.2) is 42.5 Å². The Morgan fingerprint density at radius 3 is 0.691 bits per heavy atom. The van der Waals surface area contributed by atoms with Gasteiger partial charge < -0.3 is 0 Å². The molecule has 0 atom stereocenters. The summed E-state index contributed by atoms with van der Waals surface area (Å²) < 4.78 is 81.6. The average Bonchev–Trinajstić information content (AvgIpc) is 3.20. The number of rotatable bonds is 15. The fraction of sp³-hybridized carbons (Fsp3) is 0.143. The van der Waals surface area contributed by atoms with Crippen LogP contribution in [0.1, 0.15) is 20.8 Å². The highest BCUT2D eigenvalue weighted by Crippen LogP contribution is 2.36. The molecule has 6 aromatic carbocycles. The highest BCUT2D eigenvalue weighted by atomic mass is 32.2. The van der Waals surface area contributed by atoms with Crippen LogP contribution in [0.3, 0.4) is 0 Å². The number of thioether (sulfide) groups is 3. The van der Waals surface area contributed by atoms with E-state index < -0.39 is 37.4 Å². The molecule has 0 N–H and O–H groups in total. The van der Waals surface area contributed by atoms with Gasteiger partial charge in [0, 0.05) is 14.7 Å². The van der Waals surface area contributed by atoms with E-state index in [2.05, 4.69) is 0 Å². The van der Waals surface area contributed by atoms with Crippen molar-refractivity contribution in [3.05, 3.63) is 146 Å². The smallest absolute Gasteiger partial charge is 0.206 e. The van der Waals surface area contributed by atoms with Crippen molar-refractivity contribution in [2.24, 2.45) is 0 Å². The van der Waals surface area contributed by atoms with Crippen molar-refractivity contribution in [3.8, 4) is 0 Å². The molecule has 0 aliphatic rings. The van der Waals surface area contributed by atoms with E-state index in [9.17, 15) is 25.3 Å². The second-order valence-corrected chi connectivity index (χ2v) is 24.1. The zero-order valence-corrected chi connectivity index (χ0v) is 36.1. The Kier molecular flexibility index (Phi) is 13.4. The summed E-state index contributed by atoms with van der Waals surface area (Å²) in [5.41, 5.74) is 0. The van der Waals surface area contributed by atoms with Gasteiger partial charge in [0.15, 0.2) is 0 Å². The zero-order chi connectivity index (χ0) is 39.2. The van der Waals surface area contributed by atoms with E-state index in [0.717, 1.165) is 47.9 Å². The fourth-order valence-electron chi connectivity index (χ4n) is 5.82. The van der Waals surface area contributed by atoms with Gasteiger partial charge in [0.25, 0.3) is 0 Å². The topological polar surface area (TPSA) is 102 Å². The van der Waals surface area contributed by atoms with Crippen LogP contribution in [0.5, 0.6) is 0 Å². The van der Waals surface area contributed by atoms with E-state index >= 15 is 0 Å². The van der Waals surface area contributed by atoms with Crippen LogP contribution in [0.15, 0.2) is 190 Å². The maximum absolute atomic E-state index is 13.6. The third-order valence-corrected chi connectivity index (χ3v) is 19.0. The molecular weight excluding hydrogens is 824 g/mol. The van der Waals surface area contributed by atoms with Crippen molar-refractivity contribution in [2.75, 3.05) is 17.3 Å². The standard InChI is InChI=1S/C42H39O6PS6/c1-4-50-34-13-25-40(26-14-34)53(43,44)37-19-7-31(8-20-37)49(32-9-21-38(22-10-32)54(45,46)41-27-15-35(16-28-41)51-5-2)33-11-23-39(24-12-33)55(47,48)42-29-17-36(18-30-42)52-6-3/h7-30H,4-6H2,1-3H3. The van der Waals surface area contributed by atoms with Crippen LogP contribution >= 0.6 is 43.2 Å². The number of benzene rings is 6. The van der Waals surface area contributed by atoms with E-state index in [1.54, 1.807) is 144 Å². The zero-order valence-electron chi connectivity index (χ0n) is 30.3. The molecule has 284 valence electrons. The Balaban J connectivity index is 1.36. The van der Waals surface area contributed by atoms with Crippen molar-refractivity contribution in [3.63, 3.8) is 0 Å². The lowest BCUT2D eigenvalue weighted by atomic mass is 10.3. The van der Waals surface area contributed by atoms with Gasteiger partial charge >= 0.3 is 0 Å². The van der Waals surface area contributed by atoms with E-state index in [0.29, 0.717) is 0 Å². The molecule has 0 spiro atoms. The van der Waals surface area contributed by atoms with Gasteiger partial charge in [-0.1, -0.05) is 57.2 Å². The summed E-state index contributed by atoms with van der Waals surface area (Å²) in [6, 6.07) is 40.8. The molecule has 0 bridgehead atoms. The summed E-state index contributed by atoms with van der Waals surface area (Å²) in [5, 5.41) is 2.42. The van der Waals surface area contributed by atoms with Crippen LogP contribution in [0.4, 0.5) is 0 Å². The van der Waals surface area contributed by atoms with Crippen molar-refractivity contribution in [1.82, 2.24) is 0 Å². The molecule has 0 aromatic heterocycles. The minimum Gasteiger partial charge on any atom is -0.219 e. The molecule has 0 amide bonds. The van der Waals surface area contributed by atoms with Gasteiger partial charge in [-0.25, -0.2) is 25.3 Å². The first kappa shape index (κ1) is 41.3. The summed E-state index contributed by atoms with van der Waals surface area (Å²) >= 11 is 4.91. The molecule has 0 saturated heterocycles. The Hall–Kier alpha value is -3.35. The monoisotopic (exact) mass is 862 g/mol. The lowest BCUT2D eigenvalue weighted by molar-refractivity contribution is 0.594. The highest BCUT2D eigenvalue weighted by Gasteiger charge is 2.24. The summed E-state index contributed by atoms with van der Waals surface area (Å²) in [4.78, 5) is 4.04. The Morgan fingerprint density at radius 1 is 0.327 bits per heavy atom. The van der Waals surface area contributed by atoms with Crippen LogP contribution in [-0.2, 0) is 29.5 Å². The number of sulfone groups is 3. The SMILES string of the molecule is CCSc1ccc(S(=O)(=O)c2ccc(P(c3ccc(S(=O)(=O)c4ccc(SCC)cc4)cc3)c3ccc(S(=O)(=O)c4ccc(SCC)cc4)cc3)cc2)cc1. The lowest BCUT2D eigenvalue weighted by Crippen LogP contribution is -2.21. The van der Waals surface area contributed by atoms with Crippen LogP contribution in [0, 0.1) is 0 Å². The number of hydrogen-bond acceptors (Lipinski definition) is 9. The molecule has 0 radical (unpaired) electrons. The third kappa shape index (κ3) is 9.28. The molecule has 0 saturated carbocycles. The maximum atomic E-state index is 13.6. The Labute approximate surface area is 339 Å². The summed E-state index contributed by atoms with van der Waals surface area (Å²) in [6.45, 7) is 6.12. The number of hydrogen-bond donors (Lipinski definition) is 0. The first-order valence-electron chi connectivity index (χ1n) is 17.4. The minimum atomic E-state index is -3.79. The van der Waals surface area contributed by atoms with Crippen LogP contribution in [0.2, 0.25) is 0 Å². The van der Waals surface area contributed by atoms with E-state index in [-0.39, 0.29) is 29.4 Å². The van der Waals surface area contributed by atoms with E-state index in [4.69, 9.17) is 0 Å². The summed E-state index contributed by atoms with van der Waals surface area (Å²) in [5.74, 6) is 2.64. The van der Waals surface area contributed by atoms with Crippen molar-refractivity contribution >= 4 is 88.6 Å². The summed E-state index contributed by atoms with van der Waals surface area (Å²) in [7, 11) is -12.7. The fourth-order valence-corrected chi connectivity index (χ4v) is 13.8. The van der Waals surface area contributed by atoms with Gasteiger partial charge in [0.1, 0.15) is 0 Å². The second kappa shape index (κ2) is 17.8. The molecule has 55 heavy (non-hydrogen) atoms. The van der Waals surface area contributed by atoms with Crippen LogP contribution in [0.25, 0.3) is 0 Å². The van der Waals surface area contributed by atoms with Gasteiger partial charge in [-0.15, -0.1) is 35.3 Å². The van der Waals surface area contributed by atoms with Gasteiger partial charge in [-0.3, -0.25) is 0 Å².